The van der Waals surface area contributed by atoms with Gasteiger partial charge in [-0.15, -0.1) is 0 Å². The second kappa shape index (κ2) is 30.2. The minimum Gasteiger partial charge on any atom is -0.458 e. The fourth-order valence-electron chi connectivity index (χ4n) is 9.37. The van der Waals surface area contributed by atoms with Gasteiger partial charge < -0.3 is 19.1 Å². The van der Waals surface area contributed by atoms with Crippen molar-refractivity contribution in [1.29, 1.82) is 0 Å². The molecule has 6 heteroatoms. The minimum absolute atomic E-state index is 0.0202. The molecule has 1 aromatic carbocycles. The quantitative estimate of drug-likeness (QED) is 0.0512. The van der Waals surface area contributed by atoms with E-state index in [1.165, 1.54) is 108 Å². The van der Waals surface area contributed by atoms with Gasteiger partial charge >= 0.3 is 11.9 Å². The smallest absolute Gasteiger partial charge is 0.309 e. The number of nitrogens with zero attached hydrogens (tertiary/aromatic N) is 1. The van der Waals surface area contributed by atoms with E-state index < -0.39 is 0 Å². The van der Waals surface area contributed by atoms with Gasteiger partial charge in [0.25, 0.3) is 0 Å². The highest BCUT2D eigenvalue weighted by molar-refractivity contribution is 5.74. The molecule has 0 aromatic heterocycles. The van der Waals surface area contributed by atoms with Crippen LogP contribution in [0.1, 0.15) is 213 Å². The number of hydrogen-bond donors (Lipinski definition) is 0. The van der Waals surface area contributed by atoms with Crippen LogP contribution < -0.4 is 0 Å². The lowest BCUT2D eigenvalue weighted by Gasteiger charge is -2.25. The van der Waals surface area contributed by atoms with Gasteiger partial charge in [-0.3, -0.25) is 9.59 Å². The van der Waals surface area contributed by atoms with E-state index >= 15 is 0 Å². The fourth-order valence-corrected chi connectivity index (χ4v) is 9.37. The molecule has 2 aliphatic rings. The Hall–Kier alpha value is -1.92. The van der Waals surface area contributed by atoms with Crippen LogP contribution in [0.15, 0.2) is 30.3 Å². The summed E-state index contributed by atoms with van der Waals surface area (Å²) < 4.78 is 19.2. The van der Waals surface area contributed by atoms with E-state index in [1.54, 1.807) is 0 Å². The van der Waals surface area contributed by atoms with Crippen molar-refractivity contribution in [2.24, 2.45) is 17.3 Å². The fraction of sp³-hybridized carbons (Fsp3) is 0.840. The maximum absolute atomic E-state index is 14.1. The average Bonchev–Trinajstić information content (AvgIpc) is 3.75. The molecule has 322 valence electrons. The van der Waals surface area contributed by atoms with Crippen molar-refractivity contribution in [3.8, 4) is 0 Å². The molecule has 6 nitrogen and oxygen atoms in total. The average molecular weight is 782 g/mol. The standard InChI is InChI=1S/C50H87NO5/c1-5-9-13-17-24-31-44(32-25-18-14-10-6-2)48(52)55-46-39-50(35-37-51(42-50)36-28-38-54-41-43-29-22-21-23-30-43)40-47(46)56-49(53)45(33-26-19-15-11-7-3)34-27-20-16-12-8-4/h21-23,29-30,44-47H,5-20,24-28,31-42H2,1-4H3/t46-,47-/m1/s1. The maximum Gasteiger partial charge on any atom is 0.309 e. The number of likely N-dealkylation sites (tertiary alicyclic amines) is 1. The topological polar surface area (TPSA) is 65.1 Å². The summed E-state index contributed by atoms with van der Waals surface area (Å²) in [6.45, 7) is 13.4. The number of unbranched alkanes of at least 4 members (excludes halogenated alkanes) is 16. The Bertz CT molecular complexity index is 1040. The zero-order valence-corrected chi connectivity index (χ0v) is 37.0. The summed E-state index contributed by atoms with van der Waals surface area (Å²) in [5.74, 6) is -0.178. The molecular weight excluding hydrogens is 695 g/mol. The number of esters is 2. The molecule has 1 aliphatic heterocycles. The van der Waals surface area contributed by atoms with Crippen LogP contribution >= 0.6 is 0 Å². The van der Waals surface area contributed by atoms with E-state index in [9.17, 15) is 9.59 Å². The summed E-state index contributed by atoms with van der Waals surface area (Å²) in [6.07, 6.45) is 30.6. The summed E-state index contributed by atoms with van der Waals surface area (Å²) >= 11 is 0. The van der Waals surface area contributed by atoms with E-state index in [4.69, 9.17) is 14.2 Å². The second-order valence-electron chi connectivity index (χ2n) is 18.0. The summed E-state index contributed by atoms with van der Waals surface area (Å²) in [5.41, 5.74) is 1.23. The Balaban J connectivity index is 1.68. The Morgan fingerprint density at radius 2 is 1.04 bits per heavy atom. The molecule has 1 spiro atoms. The van der Waals surface area contributed by atoms with Gasteiger partial charge in [0.2, 0.25) is 0 Å². The lowest BCUT2D eigenvalue weighted by molar-refractivity contribution is -0.171. The van der Waals surface area contributed by atoms with Crippen molar-refractivity contribution < 1.29 is 23.8 Å². The highest BCUT2D eigenvalue weighted by atomic mass is 16.6. The molecule has 1 heterocycles. The Morgan fingerprint density at radius 1 is 0.607 bits per heavy atom. The van der Waals surface area contributed by atoms with Gasteiger partial charge in [-0.05, 0) is 68.9 Å². The molecule has 0 amide bonds. The second-order valence-corrected chi connectivity index (χ2v) is 18.0. The van der Waals surface area contributed by atoms with Crippen LogP contribution in [0.5, 0.6) is 0 Å². The molecule has 0 N–H and O–H groups in total. The molecule has 0 radical (unpaired) electrons. The van der Waals surface area contributed by atoms with Crippen molar-refractivity contribution in [3.63, 3.8) is 0 Å². The van der Waals surface area contributed by atoms with Gasteiger partial charge in [0, 0.05) is 19.7 Å². The largest absolute Gasteiger partial charge is 0.458 e. The molecule has 1 saturated heterocycles. The predicted molar refractivity (Wildman–Crippen MR) is 234 cm³/mol. The normalized spacial score (nSPS) is 18.1. The molecule has 1 aliphatic carbocycles. The van der Waals surface area contributed by atoms with Gasteiger partial charge in [0.15, 0.2) is 0 Å². The molecule has 0 unspecified atom stereocenters. The van der Waals surface area contributed by atoms with Gasteiger partial charge in [0.1, 0.15) is 12.2 Å². The molecular formula is C50H87NO5. The third-order valence-corrected chi connectivity index (χ3v) is 12.9. The molecule has 56 heavy (non-hydrogen) atoms. The zero-order chi connectivity index (χ0) is 40.1. The van der Waals surface area contributed by atoms with Crippen molar-refractivity contribution in [2.75, 3.05) is 26.2 Å². The summed E-state index contributed by atoms with van der Waals surface area (Å²) in [7, 11) is 0. The van der Waals surface area contributed by atoms with Gasteiger partial charge in [-0.2, -0.15) is 0 Å². The van der Waals surface area contributed by atoms with Crippen LogP contribution in [0, 0.1) is 17.3 Å². The Kier molecular flexibility index (Phi) is 26.1. The first-order valence-corrected chi connectivity index (χ1v) is 24.2. The van der Waals surface area contributed by atoms with E-state index in [2.05, 4.69) is 56.9 Å². The number of hydrogen-bond acceptors (Lipinski definition) is 6. The molecule has 2 atom stereocenters. The van der Waals surface area contributed by atoms with Gasteiger partial charge in [-0.25, -0.2) is 0 Å². The van der Waals surface area contributed by atoms with Crippen molar-refractivity contribution in [2.45, 2.75) is 226 Å². The van der Waals surface area contributed by atoms with E-state index in [1.807, 2.05) is 6.07 Å². The lowest BCUT2D eigenvalue weighted by Crippen LogP contribution is -2.34. The SMILES string of the molecule is CCCCCCCC(CCCCCCC)C(=O)O[C@@H]1CC2(CCN(CCCOCc3ccccc3)C2)C[C@H]1OC(=O)C(CCCCCCC)CCCCCCC. The van der Waals surface area contributed by atoms with Gasteiger partial charge in [0.05, 0.1) is 18.4 Å². The predicted octanol–water partition coefficient (Wildman–Crippen LogP) is 13.6. The first kappa shape index (κ1) is 48.4. The van der Waals surface area contributed by atoms with Crippen molar-refractivity contribution in [1.82, 2.24) is 4.90 Å². The summed E-state index contributed by atoms with van der Waals surface area (Å²) in [6, 6.07) is 10.4. The monoisotopic (exact) mass is 782 g/mol. The summed E-state index contributed by atoms with van der Waals surface area (Å²) in [4.78, 5) is 30.9. The van der Waals surface area contributed by atoms with E-state index in [-0.39, 0.29) is 41.4 Å². The third kappa shape index (κ3) is 19.7. The number of benzene rings is 1. The first-order chi connectivity index (χ1) is 27.4. The van der Waals surface area contributed by atoms with Crippen LogP contribution in [-0.2, 0) is 30.4 Å². The summed E-state index contributed by atoms with van der Waals surface area (Å²) in [5, 5.41) is 0. The molecule has 1 saturated carbocycles. The van der Waals surface area contributed by atoms with Crippen LogP contribution in [0.25, 0.3) is 0 Å². The number of carbonyl (C=O) groups is 2. The van der Waals surface area contributed by atoms with E-state index in [0.717, 1.165) is 103 Å². The first-order valence-electron chi connectivity index (χ1n) is 24.2. The third-order valence-electron chi connectivity index (χ3n) is 12.9. The number of ether oxygens (including phenoxy) is 3. The highest BCUT2D eigenvalue weighted by Crippen LogP contribution is 2.48. The minimum atomic E-state index is -0.349. The van der Waals surface area contributed by atoms with Crippen LogP contribution in [0.3, 0.4) is 0 Å². The molecule has 2 fully saturated rings. The number of rotatable bonds is 34. The highest BCUT2D eigenvalue weighted by Gasteiger charge is 2.52. The van der Waals surface area contributed by atoms with Crippen LogP contribution in [-0.4, -0.2) is 55.3 Å². The van der Waals surface area contributed by atoms with E-state index in [0.29, 0.717) is 6.61 Å². The Labute approximate surface area is 345 Å². The lowest BCUT2D eigenvalue weighted by atomic mass is 9.85. The van der Waals surface area contributed by atoms with Crippen LogP contribution in [0.4, 0.5) is 0 Å². The number of carbonyl (C=O) groups excluding carboxylic acids is 2. The zero-order valence-electron chi connectivity index (χ0n) is 37.0. The maximum atomic E-state index is 14.1. The molecule has 1 aromatic rings. The van der Waals surface area contributed by atoms with Crippen molar-refractivity contribution >= 4 is 11.9 Å². The van der Waals surface area contributed by atoms with Gasteiger partial charge in [-0.1, -0.05) is 186 Å². The molecule has 3 rings (SSSR count). The van der Waals surface area contributed by atoms with Crippen molar-refractivity contribution in [3.05, 3.63) is 35.9 Å². The molecule has 0 bridgehead atoms. The van der Waals surface area contributed by atoms with Crippen LogP contribution in [0.2, 0.25) is 0 Å². The Morgan fingerprint density at radius 3 is 1.46 bits per heavy atom.